The number of carbonyl (C=O) groups excluding carboxylic acids is 3. The summed E-state index contributed by atoms with van der Waals surface area (Å²) >= 11 is 0.842. The third kappa shape index (κ3) is 6.17. The van der Waals surface area contributed by atoms with E-state index < -0.39 is 11.1 Å². The van der Waals surface area contributed by atoms with Gasteiger partial charge in [0.1, 0.15) is 13.2 Å². The number of carbonyl (C=O) groups is 3. The zero-order valence-electron chi connectivity index (χ0n) is 22.0. The van der Waals surface area contributed by atoms with Gasteiger partial charge in [0.2, 0.25) is 5.91 Å². The minimum Gasteiger partial charge on any atom is -0.490 e. The zero-order chi connectivity index (χ0) is 27.4. The van der Waals surface area contributed by atoms with Crippen LogP contribution in [0.5, 0.6) is 11.5 Å². The van der Waals surface area contributed by atoms with Crippen molar-refractivity contribution in [3.8, 4) is 11.5 Å². The van der Waals surface area contributed by atoms with E-state index in [0.717, 1.165) is 39.8 Å². The minimum absolute atomic E-state index is 0.234. The van der Waals surface area contributed by atoms with Crippen LogP contribution in [0.2, 0.25) is 0 Å². The van der Waals surface area contributed by atoms with Crippen molar-refractivity contribution in [3.63, 3.8) is 0 Å². The van der Waals surface area contributed by atoms with Crippen molar-refractivity contribution >= 4 is 34.9 Å². The molecule has 3 amide bonds. The van der Waals surface area contributed by atoms with E-state index in [9.17, 15) is 14.4 Å². The van der Waals surface area contributed by atoms with E-state index in [2.05, 4.69) is 12.1 Å². The molecule has 2 aliphatic heterocycles. The lowest BCUT2D eigenvalue weighted by Crippen LogP contribution is -2.44. The van der Waals surface area contributed by atoms with Crippen molar-refractivity contribution in [2.75, 3.05) is 19.7 Å². The lowest BCUT2D eigenvalue weighted by molar-refractivity contribution is -0.136. The van der Waals surface area contributed by atoms with Crippen LogP contribution in [-0.2, 0) is 29.2 Å². The molecule has 7 nitrogen and oxygen atoms in total. The Balaban J connectivity index is 1.26. The molecule has 2 heterocycles. The summed E-state index contributed by atoms with van der Waals surface area (Å²) < 4.78 is 11.8. The molecule has 0 unspecified atom stereocenters. The number of aryl methyl sites for hydroxylation is 1. The Hall–Kier alpha value is -4.04. The summed E-state index contributed by atoms with van der Waals surface area (Å²) in [5.74, 6) is 0.450. The molecule has 3 aromatic carbocycles. The summed E-state index contributed by atoms with van der Waals surface area (Å²) in [6, 6.07) is 21.5. The Labute approximate surface area is 232 Å². The predicted molar refractivity (Wildman–Crippen MR) is 151 cm³/mol. The first kappa shape index (κ1) is 26.6. The van der Waals surface area contributed by atoms with Gasteiger partial charge in [-0.05, 0) is 72.5 Å². The molecule has 2 aliphatic rings. The highest BCUT2D eigenvalue weighted by molar-refractivity contribution is 8.18. The Morgan fingerprint density at radius 1 is 0.974 bits per heavy atom. The summed E-state index contributed by atoms with van der Waals surface area (Å²) in [5.41, 5.74) is 5.24. The molecule has 200 valence electrons. The van der Waals surface area contributed by atoms with Gasteiger partial charge < -0.3 is 14.4 Å². The number of rotatable bonds is 8. The van der Waals surface area contributed by atoms with E-state index in [0.29, 0.717) is 43.4 Å². The fraction of sp³-hybridized carbons (Fsp3) is 0.258. The van der Waals surface area contributed by atoms with Gasteiger partial charge in [-0.1, -0.05) is 60.2 Å². The molecule has 0 saturated carbocycles. The minimum atomic E-state index is -0.464. The summed E-state index contributed by atoms with van der Waals surface area (Å²) in [6.07, 6.45) is 2.41. The Morgan fingerprint density at radius 2 is 1.79 bits per heavy atom. The zero-order valence-corrected chi connectivity index (χ0v) is 22.8. The SMILES string of the molecule is CCOc1cc(/C=C2\SC(=O)N(CC(=O)N3CCc4ccccc4C3)C2=O)ccc1OCc1cccc(C)c1. The van der Waals surface area contributed by atoms with Crippen molar-refractivity contribution in [3.05, 3.63) is 99.5 Å². The number of thioether (sulfide) groups is 1. The molecule has 0 bridgehead atoms. The lowest BCUT2D eigenvalue weighted by Gasteiger charge is -2.29. The van der Waals surface area contributed by atoms with Crippen LogP contribution in [0.1, 0.15) is 34.7 Å². The van der Waals surface area contributed by atoms with Crippen LogP contribution in [0.25, 0.3) is 6.08 Å². The third-order valence-electron chi connectivity index (χ3n) is 6.69. The average molecular weight is 543 g/mol. The van der Waals surface area contributed by atoms with Crippen LogP contribution < -0.4 is 9.47 Å². The molecule has 0 atom stereocenters. The Bertz CT molecular complexity index is 1450. The number of amides is 3. The molecule has 0 N–H and O–H groups in total. The summed E-state index contributed by atoms with van der Waals surface area (Å²) in [5, 5.41) is -0.444. The number of hydrogen-bond donors (Lipinski definition) is 0. The largest absolute Gasteiger partial charge is 0.490 e. The molecule has 1 fully saturated rings. The number of nitrogens with zero attached hydrogens (tertiary/aromatic N) is 2. The Kier molecular flexibility index (Phi) is 8.02. The normalized spacial score (nSPS) is 16.0. The predicted octanol–water partition coefficient (Wildman–Crippen LogP) is 5.59. The summed E-state index contributed by atoms with van der Waals surface area (Å²) in [4.78, 5) is 41.8. The van der Waals surface area contributed by atoms with Crippen molar-refractivity contribution in [2.45, 2.75) is 33.4 Å². The number of fused-ring (bicyclic) bond motifs is 1. The van der Waals surface area contributed by atoms with Gasteiger partial charge in [0.05, 0.1) is 11.5 Å². The molecular weight excluding hydrogens is 512 g/mol. The number of benzene rings is 3. The van der Waals surface area contributed by atoms with Crippen LogP contribution in [0.15, 0.2) is 71.6 Å². The van der Waals surface area contributed by atoms with Crippen molar-refractivity contribution in [2.24, 2.45) is 0 Å². The highest BCUT2D eigenvalue weighted by Crippen LogP contribution is 2.35. The van der Waals surface area contributed by atoms with Gasteiger partial charge in [-0.3, -0.25) is 19.3 Å². The van der Waals surface area contributed by atoms with Crippen LogP contribution in [-0.4, -0.2) is 46.5 Å². The maximum absolute atomic E-state index is 13.1. The second-order valence-corrected chi connectivity index (χ2v) is 10.5. The molecule has 0 spiro atoms. The van der Waals surface area contributed by atoms with Gasteiger partial charge in [0.25, 0.3) is 11.1 Å². The Morgan fingerprint density at radius 3 is 2.59 bits per heavy atom. The van der Waals surface area contributed by atoms with Crippen LogP contribution in [0, 0.1) is 6.92 Å². The van der Waals surface area contributed by atoms with Crippen molar-refractivity contribution in [1.29, 1.82) is 0 Å². The topological polar surface area (TPSA) is 76.2 Å². The van der Waals surface area contributed by atoms with Gasteiger partial charge >= 0.3 is 0 Å². The van der Waals surface area contributed by atoms with Gasteiger partial charge in [-0.25, -0.2) is 0 Å². The highest BCUT2D eigenvalue weighted by atomic mass is 32.2. The van der Waals surface area contributed by atoms with Gasteiger partial charge in [0.15, 0.2) is 11.5 Å². The van der Waals surface area contributed by atoms with E-state index in [1.165, 1.54) is 5.56 Å². The number of ether oxygens (including phenoxy) is 2. The first-order valence-corrected chi connectivity index (χ1v) is 13.8. The van der Waals surface area contributed by atoms with Gasteiger partial charge in [-0.2, -0.15) is 0 Å². The maximum Gasteiger partial charge on any atom is 0.294 e. The molecule has 0 aliphatic carbocycles. The van der Waals surface area contributed by atoms with E-state index in [1.807, 2.05) is 56.3 Å². The van der Waals surface area contributed by atoms with Crippen LogP contribution >= 0.6 is 11.8 Å². The summed E-state index contributed by atoms with van der Waals surface area (Å²) in [6.45, 7) is 5.56. The van der Waals surface area contributed by atoms with Crippen molar-refractivity contribution in [1.82, 2.24) is 9.80 Å². The molecule has 8 heteroatoms. The molecule has 39 heavy (non-hydrogen) atoms. The van der Waals surface area contributed by atoms with Gasteiger partial charge in [-0.15, -0.1) is 0 Å². The van der Waals surface area contributed by atoms with E-state index >= 15 is 0 Å². The molecule has 0 radical (unpaired) electrons. The molecule has 0 aromatic heterocycles. The number of imide groups is 1. The molecule has 1 saturated heterocycles. The fourth-order valence-electron chi connectivity index (χ4n) is 4.70. The van der Waals surface area contributed by atoms with E-state index in [4.69, 9.17) is 9.47 Å². The first-order valence-electron chi connectivity index (χ1n) is 13.0. The average Bonchev–Trinajstić information content (AvgIpc) is 3.19. The second kappa shape index (κ2) is 11.8. The first-order chi connectivity index (χ1) is 18.9. The summed E-state index contributed by atoms with van der Waals surface area (Å²) in [7, 11) is 0. The quantitative estimate of drug-likeness (QED) is 0.345. The van der Waals surface area contributed by atoms with Crippen LogP contribution in [0.4, 0.5) is 4.79 Å². The van der Waals surface area contributed by atoms with Crippen LogP contribution in [0.3, 0.4) is 0 Å². The third-order valence-corrected chi connectivity index (χ3v) is 7.60. The van der Waals surface area contributed by atoms with E-state index in [-0.39, 0.29) is 17.4 Å². The maximum atomic E-state index is 13.1. The smallest absolute Gasteiger partial charge is 0.294 e. The monoisotopic (exact) mass is 542 g/mol. The standard InChI is InChI=1S/C31H30N2O5S/c1-3-37-27-16-22(11-12-26(27)38-20-23-8-6-7-21(2)15-23)17-28-30(35)33(31(36)39-28)19-29(34)32-14-13-24-9-4-5-10-25(24)18-32/h4-12,15-17H,3,13-14,18-20H2,1-2H3/b28-17-. The highest BCUT2D eigenvalue weighted by Gasteiger charge is 2.37. The molecular formula is C31H30N2O5S. The molecule has 5 rings (SSSR count). The van der Waals surface area contributed by atoms with Gasteiger partial charge in [0, 0.05) is 13.1 Å². The molecule has 3 aromatic rings. The fourth-order valence-corrected chi connectivity index (χ4v) is 5.53. The lowest BCUT2D eigenvalue weighted by atomic mass is 10.00. The number of hydrogen-bond acceptors (Lipinski definition) is 6. The van der Waals surface area contributed by atoms with E-state index in [1.54, 1.807) is 23.1 Å². The van der Waals surface area contributed by atoms with Crippen molar-refractivity contribution < 1.29 is 23.9 Å². The second-order valence-electron chi connectivity index (χ2n) is 9.52.